The zero-order valence-corrected chi connectivity index (χ0v) is 7.02. The van der Waals surface area contributed by atoms with Gasteiger partial charge in [0.15, 0.2) is 0 Å². The minimum atomic E-state index is -0.411. The highest BCUT2D eigenvalue weighted by molar-refractivity contribution is 7.81. The van der Waals surface area contributed by atoms with E-state index in [1.807, 2.05) is 6.92 Å². The lowest BCUT2D eigenvalue weighted by atomic mass is 10.5. The molecule has 1 aromatic rings. The topological polar surface area (TPSA) is 42.9 Å². The van der Waals surface area contributed by atoms with Gasteiger partial charge in [-0.25, -0.2) is 0 Å². The molecule has 0 bridgehead atoms. The van der Waals surface area contributed by atoms with Gasteiger partial charge >= 0.3 is 0 Å². The molecule has 10 heavy (non-hydrogen) atoms. The molecule has 0 aromatic carbocycles. The Morgan fingerprint density at radius 3 is 2.80 bits per heavy atom. The van der Waals surface area contributed by atoms with Crippen LogP contribution in [-0.2, 0) is 4.79 Å². The van der Waals surface area contributed by atoms with Crippen molar-refractivity contribution in [2.75, 3.05) is 0 Å². The van der Waals surface area contributed by atoms with Crippen LogP contribution >= 0.6 is 24.0 Å². The monoisotopic (exact) mass is 174 g/mol. The number of hydrogen-bond acceptors (Lipinski definition) is 5. The van der Waals surface area contributed by atoms with Gasteiger partial charge < -0.3 is 4.79 Å². The molecule has 0 aliphatic rings. The first kappa shape index (κ1) is 7.68. The van der Waals surface area contributed by atoms with Crippen LogP contribution in [0, 0.1) is 6.92 Å². The molecule has 0 spiro atoms. The maximum Gasteiger partial charge on any atom is 0.139 e. The summed E-state index contributed by atoms with van der Waals surface area (Å²) in [7, 11) is 0. The lowest BCUT2D eigenvalue weighted by Gasteiger charge is -1.90. The fraction of sp³-hybridized carbons (Fsp3) is 0.400. The van der Waals surface area contributed by atoms with Gasteiger partial charge in [0.05, 0.1) is 0 Å². The molecule has 54 valence electrons. The van der Waals surface area contributed by atoms with E-state index in [-0.39, 0.29) is 0 Å². The molecule has 0 N–H and O–H groups in total. The average Bonchev–Trinajstić information content (AvgIpc) is 2.34. The molecule has 0 saturated heterocycles. The SMILES string of the molecule is Cc1nnc(C(S)C=O)s1. The second kappa shape index (κ2) is 3.12. The first-order valence-electron chi connectivity index (χ1n) is 2.67. The zero-order valence-electron chi connectivity index (χ0n) is 5.31. The number of carbonyl (C=O) groups excluding carboxylic acids is 1. The normalized spacial score (nSPS) is 13.0. The number of aromatic nitrogens is 2. The molecule has 1 atom stereocenters. The van der Waals surface area contributed by atoms with Gasteiger partial charge in [0, 0.05) is 0 Å². The fourth-order valence-electron chi connectivity index (χ4n) is 0.490. The molecule has 0 aliphatic heterocycles. The van der Waals surface area contributed by atoms with E-state index in [9.17, 15) is 4.79 Å². The Hall–Kier alpha value is -0.420. The number of hydrogen-bond donors (Lipinski definition) is 1. The molecule has 1 rings (SSSR count). The summed E-state index contributed by atoms with van der Waals surface area (Å²) in [6.07, 6.45) is 0.739. The Bertz CT molecular complexity index is 235. The third-order valence-electron chi connectivity index (χ3n) is 0.924. The highest BCUT2D eigenvalue weighted by Gasteiger charge is 2.08. The van der Waals surface area contributed by atoms with Gasteiger partial charge in [-0.1, -0.05) is 0 Å². The maximum absolute atomic E-state index is 10.2. The molecule has 0 aliphatic carbocycles. The fourth-order valence-corrected chi connectivity index (χ4v) is 1.34. The smallest absolute Gasteiger partial charge is 0.139 e. The van der Waals surface area contributed by atoms with Gasteiger partial charge in [0.25, 0.3) is 0 Å². The summed E-state index contributed by atoms with van der Waals surface area (Å²) in [5.74, 6) is 0. The Labute approximate surface area is 67.9 Å². The van der Waals surface area contributed by atoms with Gasteiger partial charge in [-0.05, 0) is 6.92 Å². The zero-order chi connectivity index (χ0) is 7.56. The lowest BCUT2D eigenvalue weighted by Crippen LogP contribution is -1.89. The summed E-state index contributed by atoms with van der Waals surface area (Å²) >= 11 is 5.36. The molecule has 0 fully saturated rings. The lowest BCUT2D eigenvalue weighted by molar-refractivity contribution is -0.107. The van der Waals surface area contributed by atoms with Crippen molar-refractivity contribution in [2.24, 2.45) is 0 Å². The van der Waals surface area contributed by atoms with Crippen molar-refractivity contribution < 1.29 is 4.79 Å². The van der Waals surface area contributed by atoms with Crippen molar-refractivity contribution >= 4 is 30.3 Å². The van der Waals surface area contributed by atoms with E-state index in [0.717, 1.165) is 11.3 Å². The summed E-state index contributed by atoms with van der Waals surface area (Å²) in [5.41, 5.74) is 0. The predicted molar refractivity (Wildman–Crippen MR) is 42.4 cm³/mol. The van der Waals surface area contributed by atoms with Crippen molar-refractivity contribution in [1.82, 2.24) is 10.2 Å². The summed E-state index contributed by atoms with van der Waals surface area (Å²) in [5, 5.41) is 8.60. The van der Waals surface area contributed by atoms with Crippen LogP contribution in [0.4, 0.5) is 0 Å². The van der Waals surface area contributed by atoms with E-state index in [4.69, 9.17) is 0 Å². The number of aldehydes is 1. The van der Waals surface area contributed by atoms with E-state index < -0.39 is 5.25 Å². The van der Waals surface area contributed by atoms with Crippen molar-refractivity contribution in [1.29, 1.82) is 0 Å². The number of nitrogens with zero attached hydrogens (tertiary/aromatic N) is 2. The Balaban J connectivity index is 2.84. The summed E-state index contributed by atoms with van der Waals surface area (Å²) in [6, 6.07) is 0. The summed E-state index contributed by atoms with van der Waals surface area (Å²) < 4.78 is 0. The number of rotatable bonds is 2. The second-order valence-electron chi connectivity index (χ2n) is 1.74. The average molecular weight is 174 g/mol. The van der Waals surface area contributed by atoms with Gasteiger partial charge in [0.2, 0.25) is 0 Å². The van der Waals surface area contributed by atoms with Crippen LogP contribution < -0.4 is 0 Å². The highest BCUT2D eigenvalue weighted by Crippen LogP contribution is 2.20. The van der Waals surface area contributed by atoms with Gasteiger partial charge in [-0.15, -0.1) is 21.5 Å². The molecule has 5 heteroatoms. The van der Waals surface area contributed by atoms with Gasteiger partial charge in [0.1, 0.15) is 21.6 Å². The van der Waals surface area contributed by atoms with Crippen molar-refractivity contribution in [3.8, 4) is 0 Å². The molecule has 1 heterocycles. The molecular weight excluding hydrogens is 168 g/mol. The third-order valence-corrected chi connectivity index (χ3v) is 2.39. The predicted octanol–water partition coefficient (Wildman–Crippen LogP) is 1.02. The molecular formula is C5H6N2OS2. The van der Waals surface area contributed by atoms with Crippen molar-refractivity contribution in [3.63, 3.8) is 0 Å². The largest absolute Gasteiger partial charge is 0.302 e. The van der Waals surface area contributed by atoms with Crippen LogP contribution in [0.1, 0.15) is 15.3 Å². The quantitative estimate of drug-likeness (QED) is 0.537. The standard InChI is InChI=1S/C5H6N2OS2/c1-3-6-7-5(10-3)4(9)2-8/h2,4,9H,1H3. The maximum atomic E-state index is 10.2. The van der Waals surface area contributed by atoms with Crippen LogP contribution in [0.3, 0.4) is 0 Å². The van der Waals surface area contributed by atoms with E-state index in [1.165, 1.54) is 11.3 Å². The third kappa shape index (κ3) is 1.54. The molecule has 3 nitrogen and oxygen atoms in total. The Morgan fingerprint density at radius 1 is 1.70 bits per heavy atom. The Kier molecular flexibility index (Phi) is 2.39. The van der Waals surface area contributed by atoms with Gasteiger partial charge in [-0.2, -0.15) is 12.6 Å². The first-order chi connectivity index (χ1) is 4.74. The van der Waals surface area contributed by atoms with Crippen LogP contribution in [-0.4, -0.2) is 16.5 Å². The number of carbonyl (C=O) groups is 1. The molecule has 1 aromatic heterocycles. The van der Waals surface area contributed by atoms with E-state index in [2.05, 4.69) is 22.8 Å². The van der Waals surface area contributed by atoms with Gasteiger partial charge in [-0.3, -0.25) is 0 Å². The highest BCUT2D eigenvalue weighted by atomic mass is 32.1. The van der Waals surface area contributed by atoms with Crippen molar-refractivity contribution in [3.05, 3.63) is 10.0 Å². The minimum Gasteiger partial charge on any atom is -0.302 e. The first-order valence-corrected chi connectivity index (χ1v) is 4.00. The van der Waals surface area contributed by atoms with Crippen LogP contribution in [0.5, 0.6) is 0 Å². The Morgan fingerprint density at radius 2 is 2.40 bits per heavy atom. The number of aryl methyl sites for hydroxylation is 1. The van der Waals surface area contributed by atoms with E-state index in [1.54, 1.807) is 0 Å². The van der Waals surface area contributed by atoms with Crippen molar-refractivity contribution in [2.45, 2.75) is 12.2 Å². The summed E-state index contributed by atoms with van der Waals surface area (Å²) in [6.45, 7) is 1.84. The molecule has 1 unspecified atom stereocenters. The minimum absolute atomic E-state index is 0.411. The van der Waals surface area contributed by atoms with E-state index >= 15 is 0 Å². The summed E-state index contributed by atoms with van der Waals surface area (Å²) in [4.78, 5) is 10.2. The van der Waals surface area contributed by atoms with Crippen LogP contribution in [0.2, 0.25) is 0 Å². The molecule has 0 saturated carbocycles. The molecule has 0 amide bonds. The number of thiol groups is 1. The van der Waals surface area contributed by atoms with Crippen LogP contribution in [0.15, 0.2) is 0 Å². The molecule has 0 radical (unpaired) electrons. The van der Waals surface area contributed by atoms with Crippen LogP contribution in [0.25, 0.3) is 0 Å². The second-order valence-corrected chi connectivity index (χ2v) is 3.51. The van der Waals surface area contributed by atoms with E-state index in [0.29, 0.717) is 5.01 Å².